The number of nitrogens with one attached hydrogen (secondary N) is 3. The van der Waals surface area contributed by atoms with Gasteiger partial charge in [-0.25, -0.2) is 0 Å². The van der Waals surface area contributed by atoms with Crippen LogP contribution < -0.4 is 25.6 Å². The van der Waals surface area contributed by atoms with Gasteiger partial charge in [0.05, 0.1) is 32.1 Å². The van der Waals surface area contributed by atoms with Gasteiger partial charge in [0, 0.05) is 5.56 Å². The van der Waals surface area contributed by atoms with Gasteiger partial charge in [0.25, 0.3) is 5.91 Å². The molecule has 2 rings (SSSR count). The molecule has 10 heteroatoms. The third kappa shape index (κ3) is 4.67. The lowest BCUT2D eigenvalue weighted by molar-refractivity contribution is -0.139. The maximum atomic E-state index is 12.1. The van der Waals surface area contributed by atoms with Crippen molar-refractivity contribution < 1.29 is 28.3 Å². The van der Waals surface area contributed by atoms with Gasteiger partial charge in [0.2, 0.25) is 0 Å². The second-order valence-corrected chi connectivity index (χ2v) is 5.27. The molecular weight excluding hydrogens is 366 g/mol. The fraction of sp³-hybridized carbons (Fsp3) is 0.188. The molecule has 1 aromatic heterocycles. The minimum atomic E-state index is -1.04. The smallest absolute Gasteiger partial charge is 0.327 e. The van der Waals surface area contributed by atoms with Crippen LogP contribution in [0.25, 0.3) is 0 Å². The molecule has 0 atom stereocenters. The number of carbonyl (C=O) groups is 3. The molecule has 0 spiro atoms. The Morgan fingerprint density at radius 2 is 1.88 bits per heavy atom. The molecule has 0 aliphatic heterocycles. The zero-order valence-corrected chi connectivity index (χ0v) is 14.7. The fourth-order valence-electron chi connectivity index (χ4n) is 1.95. The molecule has 3 N–H and O–H groups in total. The van der Waals surface area contributed by atoms with Crippen molar-refractivity contribution in [3.63, 3.8) is 0 Å². The number of hydrogen-bond acceptors (Lipinski definition) is 6. The molecule has 0 radical (unpaired) electrons. The Labute approximate surface area is 153 Å². The molecule has 0 fully saturated rings. The molecule has 0 unspecified atom stereocenters. The molecule has 0 bridgehead atoms. The molecule has 9 nitrogen and oxygen atoms in total. The van der Waals surface area contributed by atoms with Crippen LogP contribution in [-0.4, -0.2) is 31.9 Å². The Hall–Kier alpha value is -3.20. The van der Waals surface area contributed by atoms with Crippen molar-refractivity contribution in [3.8, 4) is 11.5 Å². The maximum Gasteiger partial charge on any atom is 0.327 e. The van der Waals surface area contributed by atoms with Gasteiger partial charge in [-0.3, -0.25) is 25.2 Å². The minimum absolute atomic E-state index is 0.0402. The lowest BCUT2D eigenvalue weighted by Crippen LogP contribution is -2.48. The van der Waals surface area contributed by atoms with Crippen LogP contribution in [0.3, 0.4) is 0 Å². The molecule has 26 heavy (non-hydrogen) atoms. The first-order valence-corrected chi connectivity index (χ1v) is 7.66. The van der Waals surface area contributed by atoms with E-state index in [1.165, 1.54) is 32.6 Å². The monoisotopic (exact) mass is 381 g/mol. The summed E-state index contributed by atoms with van der Waals surface area (Å²) in [4.78, 5) is 35.4. The molecule has 1 heterocycles. The summed E-state index contributed by atoms with van der Waals surface area (Å²) in [6.07, 6.45) is 1.44. The summed E-state index contributed by atoms with van der Waals surface area (Å²) in [6, 6.07) is 6.00. The van der Waals surface area contributed by atoms with Gasteiger partial charge >= 0.3 is 11.8 Å². The Morgan fingerprint density at radius 3 is 2.50 bits per heavy atom. The zero-order valence-electron chi connectivity index (χ0n) is 13.9. The normalized spacial score (nSPS) is 9.96. The predicted molar refractivity (Wildman–Crippen MR) is 90.7 cm³/mol. The molecule has 0 aliphatic carbocycles. The first kappa shape index (κ1) is 19.1. The number of amides is 3. The average Bonchev–Trinajstić information content (AvgIpc) is 3.16. The van der Waals surface area contributed by atoms with E-state index in [0.717, 1.165) is 0 Å². The van der Waals surface area contributed by atoms with E-state index in [9.17, 15) is 14.4 Å². The quantitative estimate of drug-likeness (QED) is 0.525. The SMILES string of the molecule is COc1cc(C(=O)NNC(=O)C(=O)NCc2ccco2)cc(Cl)c1OC. The highest BCUT2D eigenvalue weighted by Crippen LogP contribution is 2.35. The van der Waals surface area contributed by atoms with Crippen molar-refractivity contribution in [1.29, 1.82) is 0 Å². The van der Waals surface area contributed by atoms with Crippen LogP contribution in [-0.2, 0) is 16.1 Å². The number of hydrazine groups is 1. The third-order valence-corrected chi connectivity index (χ3v) is 3.48. The second-order valence-electron chi connectivity index (χ2n) is 4.86. The Kier molecular flexibility index (Phi) is 6.45. The number of ether oxygens (including phenoxy) is 2. The van der Waals surface area contributed by atoms with Crippen molar-refractivity contribution in [2.75, 3.05) is 14.2 Å². The number of benzene rings is 1. The zero-order chi connectivity index (χ0) is 19.1. The first-order valence-electron chi connectivity index (χ1n) is 7.28. The molecule has 0 saturated carbocycles. The molecule has 0 aliphatic rings. The minimum Gasteiger partial charge on any atom is -0.493 e. The van der Waals surface area contributed by atoms with Crippen LogP contribution in [0.15, 0.2) is 34.9 Å². The predicted octanol–water partition coefficient (Wildman–Crippen LogP) is 1.03. The van der Waals surface area contributed by atoms with Gasteiger partial charge in [-0.1, -0.05) is 11.6 Å². The molecular formula is C16H16ClN3O6. The lowest BCUT2D eigenvalue weighted by atomic mass is 10.2. The highest BCUT2D eigenvalue weighted by atomic mass is 35.5. The van der Waals surface area contributed by atoms with Crippen LogP contribution >= 0.6 is 11.6 Å². The standard InChI is InChI=1S/C16H16ClN3O6/c1-24-12-7-9(6-11(17)13(12)25-2)14(21)19-20-16(23)15(22)18-8-10-4-3-5-26-10/h3-7H,8H2,1-2H3,(H,18,22)(H,19,21)(H,20,23). The summed E-state index contributed by atoms with van der Waals surface area (Å²) in [5.41, 5.74) is 4.21. The molecule has 1 aromatic carbocycles. The van der Waals surface area contributed by atoms with Crippen LogP contribution in [0.1, 0.15) is 16.1 Å². The number of halogens is 1. The van der Waals surface area contributed by atoms with E-state index >= 15 is 0 Å². The maximum absolute atomic E-state index is 12.1. The van der Waals surface area contributed by atoms with Crippen LogP contribution in [0.4, 0.5) is 0 Å². The van der Waals surface area contributed by atoms with E-state index in [1.807, 2.05) is 5.43 Å². The second kappa shape index (κ2) is 8.77. The summed E-state index contributed by atoms with van der Waals surface area (Å²) in [5, 5.41) is 2.49. The summed E-state index contributed by atoms with van der Waals surface area (Å²) >= 11 is 6.02. The summed E-state index contributed by atoms with van der Waals surface area (Å²) in [6.45, 7) is 0.0402. The van der Waals surface area contributed by atoms with Crippen LogP contribution in [0.2, 0.25) is 5.02 Å². The van der Waals surface area contributed by atoms with Crippen molar-refractivity contribution in [3.05, 3.63) is 46.9 Å². The topological polar surface area (TPSA) is 119 Å². The van der Waals surface area contributed by atoms with Crippen molar-refractivity contribution in [2.24, 2.45) is 0 Å². The number of rotatable bonds is 5. The van der Waals surface area contributed by atoms with Gasteiger partial charge in [-0.15, -0.1) is 0 Å². The van der Waals surface area contributed by atoms with E-state index < -0.39 is 17.7 Å². The van der Waals surface area contributed by atoms with Crippen LogP contribution in [0, 0.1) is 0 Å². The van der Waals surface area contributed by atoms with Crippen LogP contribution in [0.5, 0.6) is 11.5 Å². The van der Waals surface area contributed by atoms with Crippen molar-refractivity contribution in [2.45, 2.75) is 6.54 Å². The lowest BCUT2D eigenvalue weighted by Gasteiger charge is -2.12. The van der Waals surface area contributed by atoms with E-state index in [-0.39, 0.29) is 28.6 Å². The average molecular weight is 382 g/mol. The third-order valence-electron chi connectivity index (χ3n) is 3.19. The largest absolute Gasteiger partial charge is 0.493 e. The van der Waals surface area contributed by atoms with E-state index in [0.29, 0.717) is 5.76 Å². The van der Waals surface area contributed by atoms with Crippen molar-refractivity contribution >= 4 is 29.3 Å². The fourth-order valence-corrected chi connectivity index (χ4v) is 2.24. The highest BCUT2D eigenvalue weighted by Gasteiger charge is 2.18. The summed E-state index contributed by atoms with van der Waals surface area (Å²) in [7, 11) is 2.80. The molecule has 138 valence electrons. The Bertz CT molecular complexity index is 807. The van der Waals surface area contributed by atoms with Gasteiger partial charge in [-0.2, -0.15) is 0 Å². The number of carbonyl (C=O) groups excluding carboxylic acids is 3. The van der Waals surface area contributed by atoms with Crippen molar-refractivity contribution in [1.82, 2.24) is 16.2 Å². The number of methoxy groups -OCH3 is 2. The number of hydrogen-bond donors (Lipinski definition) is 3. The van der Waals surface area contributed by atoms with Gasteiger partial charge in [0.15, 0.2) is 11.5 Å². The van der Waals surface area contributed by atoms with E-state index in [4.69, 9.17) is 25.5 Å². The highest BCUT2D eigenvalue weighted by molar-refractivity contribution is 6.35. The van der Waals surface area contributed by atoms with E-state index in [2.05, 4.69) is 10.7 Å². The number of furan rings is 1. The van der Waals surface area contributed by atoms with Gasteiger partial charge < -0.3 is 19.2 Å². The summed E-state index contributed by atoms with van der Waals surface area (Å²) in [5.74, 6) is -1.68. The van der Waals surface area contributed by atoms with E-state index in [1.54, 1.807) is 12.1 Å². The van der Waals surface area contributed by atoms with Gasteiger partial charge in [-0.05, 0) is 24.3 Å². The Balaban J connectivity index is 1.92. The molecule has 2 aromatic rings. The first-order chi connectivity index (χ1) is 12.5. The molecule has 3 amide bonds. The van der Waals surface area contributed by atoms with Gasteiger partial charge in [0.1, 0.15) is 5.76 Å². The molecule has 0 saturated heterocycles. The summed E-state index contributed by atoms with van der Waals surface area (Å²) < 4.78 is 15.2. The Morgan fingerprint density at radius 1 is 1.12 bits per heavy atom.